The fourth-order valence-corrected chi connectivity index (χ4v) is 3.51. The van der Waals surface area contributed by atoms with Crippen molar-refractivity contribution in [2.24, 2.45) is 5.92 Å². The van der Waals surface area contributed by atoms with E-state index >= 15 is 0 Å². The summed E-state index contributed by atoms with van der Waals surface area (Å²) in [6.45, 7) is 3.38. The van der Waals surface area contributed by atoms with E-state index in [1.165, 1.54) is 0 Å². The van der Waals surface area contributed by atoms with Crippen molar-refractivity contribution in [3.63, 3.8) is 0 Å². The molecule has 1 amide bonds. The number of aliphatic carboxylic acids is 1. The number of hydrogen-bond donors (Lipinski definition) is 2. The van der Waals surface area contributed by atoms with Gasteiger partial charge in [-0.3, -0.25) is 14.6 Å². The van der Waals surface area contributed by atoms with Crippen molar-refractivity contribution in [1.82, 2.24) is 15.3 Å². The Morgan fingerprint density at radius 3 is 2.63 bits per heavy atom. The number of nitrogens with one attached hydrogen (secondary N) is 1. The molecule has 1 saturated heterocycles. The average Bonchev–Trinajstić information content (AvgIpc) is 2.68. The Labute approximate surface area is 158 Å². The second-order valence-electron chi connectivity index (χ2n) is 6.84. The molecule has 0 spiro atoms. The lowest BCUT2D eigenvalue weighted by atomic mass is 9.93. The van der Waals surface area contributed by atoms with Crippen molar-refractivity contribution in [3.8, 4) is 0 Å². The maximum Gasteiger partial charge on any atom is 0.305 e. The molecule has 2 heterocycles. The van der Waals surface area contributed by atoms with E-state index in [4.69, 9.17) is 0 Å². The first kappa shape index (κ1) is 18.8. The SMILES string of the molecule is Cc1ccccc1C(CC(=O)O)NC(=O)C1CCN(c2cnccn2)CC1. The van der Waals surface area contributed by atoms with Crippen molar-refractivity contribution in [2.75, 3.05) is 18.0 Å². The lowest BCUT2D eigenvalue weighted by molar-refractivity contribution is -0.138. The fraction of sp³-hybridized carbons (Fsp3) is 0.400. The molecule has 2 aromatic rings. The Balaban J connectivity index is 1.63. The van der Waals surface area contributed by atoms with E-state index < -0.39 is 12.0 Å². The number of aryl methyl sites for hydroxylation is 1. The van der Waals surface area contributed by atoms with Gasteiger partial charge in [-0.1, -0.05) is 24.3 Å². The number of amides is 1. The predicted octanol–water partition coefficient (Wildman–Crippen LogP) is 2.33. The number of aromatic nitrogens is 2. The lowest BCUT2D eigenvalue weighted by Gasteiger charge is -2.32. The molecule has 7 heteroatoms. The second-order valence-corrected chi connectivity index (χ2v) is 6.84. The van der Waals surface area contributed by atoms with Crippen LogP contribution in [0.25, 0.3) is 0 Å². The Morgan fingerprint density at radius 2 is 2.00 bits per heavy atom. The third kappa shape index (κ3) is 4.81. The highest BCUT2D eigenvalue weighted by atomic mass is 16.4. The number of nitrogens with zero attached hydrogens (tertiary/aromatic N) is 3. The van der Waals surface area contributed by atoms with Crippen LogP contribution in [0.2, 0.25) is 0 Å². The first-order valence-electron chi connectivity index (χ1n) is 9.13. The monoisotopic (exact) mass is 368 g/mol. The van der Waals surface area contributed by atoms with E-state index in [0.29, 0.717) is 12.8 Å². The highest BCUT2D eigenvalue weighted by Gasteiger charge is 2.28. The average molecular weight is 368 g/mol. The number of piperidine rings is 1. The van der Waals surface area contributed by atoms with Gasteiger partial charge < -0.3 is 15.3 Å². The van der Waals surface area contributed by atoms with Gasteiger partial charge in [0.05, 0.1) is 18.7 Å². The van der Waals surface area contributed by atoms with Gasteiger partial charge in [-0.2, -0.15) is 0 Å². The minimum atomic E-state index is -0.930. The molecule has 1 aromatic heterocycles. The Kier molecular flexibility index (Phi) is 6.01. The van der Waals surface area contributed by atoms with Crippen LogP contribution in [0.15, 0.2) is 42.9 Å². The Bertz CT molecular complexity index is 789. The smallest absolute Gasteiger partial charge is 0.305 e. The molecular weight excluding hydrogens is 344 g/mol. The number of carboxylic acids is 1. The van der Waals surface area contributed by atoms with E-state index in [1.807, 2.05) is 31.2 Å². The predicted molar refractivity (Wildman–Crippen MR) is 101 cm³/mol. The molecule has 0 aliphatic carbocycles. The zero-order valence-corrected chi connectivity index (χ0v) is 15.3. The Morgan fingerprint density at radius 1 is 1.26 bits per heavy atom. The molecule has 1 atom stereocenters. The largest absolute Gasteiger partial charge is 0.481 e. The molecule has 2 N–H and O–H groups in total. The molecule has 0 bridgehead atoms. The number of hydrogen-bond acceptors (Lipinski definition) is 5. The van der Waals surface area contributed by atoms with Gasteiger partial charge in [0.25, 0.3) is 0 Å². The van der Waals surface area contributed by atoms with Gasteiger partial charge in [-0.25, -0.2) is 4.98 Å². The summed E-state index contributed by atoms with van der Waals surface area (Å²) in [4.78, 5) is 34.6. The molecule has 3 rings (SSSR count). The summed E-state index contributed by atoms with van der Waals surface area (Å²) in [6, 6.07) is 7.05. The zero-order valence-electron chi connectivity index (χ0n) is 15.3. The molecule has 1 fully saturated rings. The summed E-state index contributed by atoms with van der Waals surface area (Å²) < 4.78 is 0. The van der Waals surface area contributed by atoms with Crippen LogP contribution < -0.4 is 10.2 Å². The summed E-state index contributed by atoms with van der Waals surface area (Å²) in [5.74, 6) is -0.317. The third-order valence-corrected chi connectivity index (χ3v) is 5.00. The lowest BCUT2D eigenvalue weighted by Crippen LogP contribution is -2.42. The topological polar surface area (TPSA) is 95.4 Å². The van der Waals surface area contributed by atoms with Crippen molar-refractivity contribution in [2.45, 2.75) is 32.2 Å². The summed E-state index contributed by atoms with van der Waals surface area (Å²) in [5.41, 5.74) is 1.83. The molecule has 1 aromatic carbocycles. The number of anilines is 1. The highest BCUT2D eigenvalue weighted by Crippen LogP contribution is 2.25. The maximum absolute atomic E-state index is 12.8. The third-order valence-electron chi connectivity index (χ3n) is 5.00. The summed E-state index contributed by atoms with van der Waals surface area (Å²) in [6.07, 6.45) is 6.30. The summed E-state index contributed by atoms with van der Waals surface area (Å²) in [7, 11) is 0. The summed E-state index contributed by atoms with van der Waals surface area (Å²) >= 11 is 0. The van der Waals surface area contributed by atoms with Crippen LogP contribution in [0.5, 0.6) is 0 Å². The summed E-state index contributed by atoms with van der Waals surface area (Å²) in [5, 5.41) is 12.2. The van der Waals surface area contributed by atoms with Gasteiger partial charge in [0.15, 0.2) is 0 Å². The number of carbonyl (C=O) groups is 2. The molecule has 1 aliphatic rings. The molecule has 0 saturated carbocycles. The molecule has 0 radical (unpaired) electrons. The standard InChI is InChI=1S/C20H24N4O3/c1-14-4-2-3-5-16(14)17(12-19(25)26)23-20(27)15-6-10-24(11-7-15)18-13-21-8-9-22-18/h2-5,8-9,13,15,17H,6-7,10-12H2,1H3,(H,23,27)(H,25,26). The zero-order chi connectivity index (χ0) is 19.2. The first-order valence-corrected chi connectivity index (χ1v) is 9.13. The minimum Gasteiger partial charge on any atom is -0.481 e. The van der Waals surface area contributed by atoms with E-state index in [-0.39, 0.29) is 18.2 Å². The number of carboxylic acid groups (broad SMARTS) is 1. The molecule has 1 aliphatic heterocycles. The highest BCUT2D eigenvalue weighted by molar-refractivity contribution is 5.80. The maximum atomic E-state index is 12.8. The number of rotatable bonds is 6. The van der Waals surface area contributed by atoms with Crippen molar-refractivity contribution >= 4 is 17.7 Å². The minimum absolute atomic E-state index is 0.0803. The van der Waals surface area contributed by atoms with Crippen LogP contribution in [0.3, 0.4) is 0 Å². The van der Waals surface area contributed by atoms with Crippen molar-refractivity contribution in [1.29, 1.82) is 0 Å². The van der Waals surface area contributed by atoms with E-state index in [1.54, 1.807) is 18.6 Å². The van der Waals surface area contributed by atoms with Crippen LogP contribution in [0.1, 0.15) is 36.4 Å². The van der Waals surface area contributed by atoms with Gasteiger partial charge in [0, 0.05) is 31.4 Å². The van der Waals surface area contributed by atoms with E-state index in [2.05, 4.69) is 20.2 Å². The molecule has 1 unspecified atom stereocenters. The Hall–Kier alpha value is -2.96. The van der Waals surface area contributed by atoms with E-state index in [9.17, 15) is 14.7 Å². The normalized spacial score (nSPS) is 16.0. The number of benzene rings is 1. The van der Waals surface area contributed by atoms with E-state index in [0.717, 1.165) is 30.0 Å². The van der Waals surface area contributed by atoms with Crippen molar-refractivity contribution in [3.05, 3.63) is 54.0 Å². The van der Waals surface area contributed by atoms with Crippen LogP contribution in [0, 0.1) is 12.8 Å². The van der Waals surface area contributed by atoms with Gasteiger partial charge in [0.2, 0.25) is 5.91 Å². The first-order chi connectivity index (χ1) is 13.0. The van der Waals surface area contributed by atoms with Crippen LogP contribution >= 0.6 is 0 Å². The molecular formula is C20H24N4O3. The molecule has 7 nitrogen and oxygen atoms in total. The van der Waals surface area contributed by atoms with Gasteiger partial charge >= 0.3 is 5.97 Å². The fourth-order valence-electron chi connectivity index (χ4n) is 3.51. The van der Waals surface area contributed by atoms with Gasteiger partial charge in [-0.05, 0) is 30.9 Å². The van der Waals surface area contributed by atoms with Crippen molar-refractivity contribution < 1.29 is 14.7 Å². The van der Waals surface area contributed by atoms with Gasteiger partial charge in [-0.15, -0.1) is 0 Å². The molecule has 142 valence electrons. The van der Waals surface area contributed by atoms with Gasteiger partial charge in [0.1, 0.15) is 5.82 Å². The quantitative estimate of drug-likeness (QED) is 0.813. The number of carbonyl (C=O) groups excluding carboxylic acids is 1. The second kappa shape index (κ2) is 8.62. The van der Waals surface area contributed by atoms with Crippen LogP contribution in [0.4, 0.5) is 5.82 Å². The molecule has 27 heavy (non-hydrogen) atoms. The van der Waals surface area contributed by atoms with Crippen LogP contribution in [-0.2, 0) is 9.59 Å². The van der Waals surface area contributed by atoms with Crippen LogP contribution in [-0.4, -0.2) is 40.0 Å².